The third-order valence-corrected chi connectivity index (χ3v) is 3.83. The van der Waals surface area contributed by atoms with Gasteiger partial charge in [0, 0.05) is 31.4 Å². The summed E-state index contributed by atoms with van der Waals surface area (Å²) in [5.74, 6) is 1.17. The molecule has 0 spiro atoms. The number of likely N-dealkylation sites (N-methyl/N-ethyl adjacent to an activating group) is 1. The number of benzene rings is 1. The molecular weight excluding hydrogens is 258 g/mol. The number of hydrogen-bond acceptors (Lipinski definition) is 2. The lowest BCUT2D eigenvalue weighted by atomic mass is 9.99. The van der Waals surface area contributed by atoms with Crippen molar-refractivity contribution in [3.63, 3.8) is 0 Å². The molecule has 1 heterocycles. The molecule has 3 nitrogen and oxygen atoms in total. The largest absolute Gasteiger partial charge is 0.335 e. The topological polar surface area (TPSA) is 29.9 Å². The maximum atomic E-state index is 4.51. The van der Waals surface area contributed by atoms with Gasteiger partial charge in [0.25, 0.3) is 0 Å². The van der Waals surface area contributed by atoms with Crippen molar-refractivity contribution in [2.24, 2.45) is 0 Å². The Balaban J connectivity index is 2.11. The van der Waals surface area contributed by atoms with Crippen LogP contribution >= 0.6 is 0 Å². The Morgan fingerprint density at radius 1 is 1.10 bits per heavy atom. The van der Waals surface area contributed by atoms with E-state index < -0.39 is 0 Å². The number of aryl methyl sites for hydroxylation is 3. The third-order valence-electron chi connectivity index (χ3n) is 3.83. The van der Waals surface area contributed by atoms with Crippen LogP contribution in [0.25, 0.3) is 0 Å². The molecule has 0 bridgehead atoms. The molecule has 2 rings (SSSR count). The predicted molar refractivity (Wildman–Crippen MR) is 88.7 cm³/mol. The normalized spacial score (nSPS) is 12.6. The first-order valence-electron chi connectivity index (χ1n) is 7.93. The lowest BCUT2D eigenvalue weighted by Gasteiger charge is -2.19. The Hall–Kier alpha value is -1.61. The van der Waals surface area contributed by atoms with E-state index in [4.69, 9.17) is 0 Å². The summed E-state index contributed by atoms with van der Waals surface area (Å²) < 4.78 is 2.23. The molecule has 0 saturated heterocycles. The van der Waals surface area contributed by atoms with Gasteiger partial charge >= 0.3 is 0 Å². The summed E-state index contributed by atoms with van der Waals surface area (Å²) >= 11 is 0. The van der Waals surface area contributed by atoms with E-state index in [1.807, 2.05) is 6.20 Å². The Labute approximate surface area is 128 Å². The molecule has 1 aromatic heterocycles. The van der Waals surface area contributed by atoms with Crippen LogP contribution in [-0.2, 0) is 19.4 Å². The van der Waals surface area contributed by atoms with Crippen LogP contribution in [-0.4, -0.2) is 22.1 Å². The quantitative estimate of drug-likeness (QED) is 0.846. The molecule has 1 N–H and O–H groups in total. The highest BCUT2D eigenvalue weighted by atomic mass is 15.1. The van der Waals surface area contributed by atoms with E-state index >= 15 is 0 Å². The Kier molecular flexibility index (Phi) is 5.57. The van der Waals surface area contributed by atoms with E-state index in [0.717, 1.165) is 25.9 Å². The number of aromatic nitrogens is 2. The van der Waals surface area contributed by atoms with Crippen molar-refractivity contribution in [2.75, 3.05) is 6.54 Å². The van der Waals surface area contributed by atoms with Crippen molar-refractivity contribution in [3.8, 4) is 0 Å². The van der Waals surface area contributed by atoms with Crippen LogP contribution in [0.4, 0.5) is 0 Å². The highest BCUT2D eigenvalue weighted by Crippen LogP contribution is 2.13. The molecule has 0 amide bonds. The maximum absolute atomic E-state index is 4.51. The van der Waals surface area contributed by atoms with E-state index in [0.29, 0.717) is 6.04 Å². The van der Waals surface area contributed by atoms with Gasteiger partial charge in [-0.3, -0.25) is 0 Å². The van der Waals surface area contributed by atoms with Gasteiger partial charge in [-0.2, -0.15) is 0 Å². The van der Waals surface area contributed by atoms with Crippen molar-refractivity contribution < 1.29 is 0 Å². The van der Waals surface area contributed by atoms with Crippen LogP contribution in [0, 0.1) is 13.8 Å². The van der Waals surface area contributed by atoms with Crippen LogP contribution in [0.15, 0.2) is 30.6 Å². The number of hydrogen-bond donors (Lipinski definition) is 1. The molecule has 0 aliphatic carbocycles. The summed E-state index contributed by atoms with van der Waals surface area (Å²) in [5.41, 5.74) is 4.10. The summed E-state index contributed by atoms with van der Waals surface area (Å²) in [6.07, 6.45) is 5.99. The lowest BCUT2D eigenvalue weighted by Crippen LogP contribution is -2.34. The smallest absolute Gasteiger partial charge is 0.110 e. The Morgan fingerprint density at radius 2 is 1.81 bits per heavy atom. The fraction of sp³-hybridized carbons (Fsp3) is 0.500. The van der Waals surface area contributed by atoms with Gasteiger partial charge in [0.05, 0.1) is 0 Å². The Bertz CT molecular complexity index is 551. The van der Waals surface area contributed by atoms with Crippen molar-refractivity contribution in [1.29, 1.82) is 0 Å². The molecule has 0 aliphatic heterocycles. The van der Waals surface area contributed by atoms with Gasteiger partial charge in [-0.25, -0.2) is 4.98 Å². The van der Waals surface area contributed by atoms with Gasteiger partial charge in [-0.05, 0) is 39.3 Å². The van der Waals surface area contributed by atoms with Gasteiger partial charge in [0.2, 0.25) is 0 Å². The molecule has 0 radical (unpaired) electrons. The minimum Gasteiger partial charge on any atom is -0.335 e. The summed E-state index contributed by atoms with van der Waals surface area (Å²) in [6, 6.07) is 7.26. The summed E-state index contributed by atoms with van der Waals surface area (Å²) in [7, 11) is 0. The third kappa shape index (κ3) is 4.43. The van der Waals surface area contributed by atoms with E-state index in [2.05, 4.69) is 67.0 Å². The van der Waals surface area contributed by atoms with Crippen LogP contribution in [0.5, 0.6) is 0 Å². The average molecular weight is 285 g/mol. The van der Waals surface area contributed by atoms with E-state index in [1.165, 1.54) is 22.5 Å². The fourth-order valence-electron chi connectivity index (χ4n) is 3.01. The minimum atomic E-state index is 0.434. The molecule has 0 fully saturated rings. The van der Waals surface area contributed by atoms with Gasteiger partial charge < -0.3 is 9.88 Å². The average Bonchev–Trinajstić information content (AvgIpc) is 2.85. The first kappa shape index (κ1) is 15.8. The van der Waals surface area contributed by atoms with Crippen LogP contribution in [0.3, 0.4) is 0 Å². The molecule has 3 heteroatoms. The number of nitrogens with one attached hydrogen (secondary N) is 1. The van der Waals surface area contributed by atoms with Gasteiger partial charge in [-0.15, -0.1) is 0 Å². The van der Waals surface area contributed by atoms with E-state index in [9.17, 15) is 0 Å². The number of rotatable bonds is 7. The van der Waals surface area contributed by atoms with Crippen molar-refractivity contribution >= 4 is 0 Å². The molecule has 2 aromatic rings. The van der Waals surface area contributed by atoms with E-state index in [-0.39, 0.29) is 0 Å². The Morgan fingerprint density at radius 3 is 2.43 bits per heavy atom. The fourth-order valence-corrected chi connectivity index (χ4v) is 3.01. The standard InChI is InChI=1S/C18H27N3/c1-5-19-17(13-18-20-7-8-21(18)6-2)12-16-10-14(3)9-15(4)11-16/h7-11,17,19H,5-6,12-13H2,1-4H3. The molecule has 114 valence electrons. The van der Waals surface area contributed by atoms with Crippen LogP contribution in [0.1, 0.15) is 36.4 Å². The van der Waals surface area contributed by atoms with E-state index in [1.54, 1.807) is 0 Å². The predicted octanol–water partition coefficient (Wildman–Crippen LogP) is 3.28. The first-order valence-corrected chi connectivity index (χ1v) is 7.93. The maximum Gasteiger partial charge on any atom is 0.110 e. The monoisotopic (exact) mass is 285 g/mol. The molecule has 1 aromatic carbocycles. The van der Waals surface area contributed by atoms with Crippen molar-refractivity contribution in [3.05, 3.63) is 53.1 Å². The summed E-state index contributed by atoms with van der Waals surface area (Å²) in [5, 5.41) is 3.61. The highest BCUT2D eigenvalue weighted by Gasteiger charge is 2.13. The SMILES string of the molecule is CCNC(Cc1cc(C)cc(C)c1)Cc1nccn1CC. The number of imidazole rings is 1. The second-order valence-corrected chi connectivity index (χ2v) is 5.79. The summed E-state index contributed by atoms with van der Waals surface area (Å²) in [6.45, 7) is 10.6. The summed E-state index contributed by atoms with van der Waals surface area (Å²) in [4.78, 5) is 4.51. The first-order chi connectivity index (χ1) is 10.1. The van der Waals surface area contributed by atoms with Gasteiger partial charge in [0.1, 0.15) is 5.82 Å². The van der Waals surface area contributed by atoms with Gasteiger partial charge in [-0.1, -0.05) is 36.2 Å². The zero-order valence-corrected chi connectivity index (χ0v) is 13.7. The minimum absolute atomic E-state index is 0.434. The van der Waals surface area contributed by atoms with Crippen LogP contribution < -0.4 is 5.32 Å². The second-order valence-electron chi connectivity index (χ2n) is 5.79. The van der Waals surface area contributed by atoms with Crippen LogP contribution in [0.2, 0.25) is 0 Å². The van der Waals surface area contributed by atoms with Crippen molar-refractivity contribution in [1.82, 2.24) is 14.9 Å². The molecule has 0 aliphatic rings. The van der Waals surface area contributed by atoms with Gasteiger partial charge in [0.15, 0.2) is 0 Å². The number of nitrogens with zero attached hydrogens (tertiary/aromatic N) is 2. The van der Waals surface area contributed by atoms with Crippen molar-refractivity contribution in [2.45, 2.75) is 53.1 Å². The highest BCUT2D eigenvalue weighted by molar-refractivity contribution is 5.29. The molecular formula is C18H27N3. The zero-order valence-electron chi connectivity index (χ0n) is 13.7. The lowest BCUT2D eigenvalue weighted by molar-refractivity contribution is 0.499. The molecule has 21 heavy (non-hydrogen) atoms. The zero-order chi connectivity index (χ0) is 15.2. The molecule has 0 saturated carbocycles. The molecule has 1 unspecified atom stereocenters. The second kappa shape index (κ2) is 7.41. The molecule has 1 atom stereocenters.